The molecular formula is C24H26FN5O2. The van der Waals surface area contributed by atoms with Crippen LogP contribution in [0.4, 0.5) is 15.9 Å². The lowest BCUT2D eigenvalue weighted by Gasteiger charge is -2.18. The quantitative estimate of drug-likeness (QED) is 0.458. The van der Waals surface area contributed by atoms with Crippen molar-refractivity contribution in [2.24, 2.45) is 12.5 Å². The van der Waals surface area contributed by atoms with Crippen molar-refractivity contribution in [1.29, 1.82) is 0 Å². The fraction of sp³-hybridized carbons (Fsp3) is 0.250. The molecule has 0 aliphatic heterocycles. The number of fused-ring (bicyclic) bond motifs is 1. The van der Waals surface area contributed by atoms with Gasteiger partial charge >= 0.3 is 5.69 Å². The van der Waals surface area contributed by atoms with Gasteiger partial charge < -0.3 is 16.2 Å². The minimum Gasteiger partial charge on any atom is -0.439 e. The lowest BCUT2D eigenvalue weighted by atomic mass is 9.96. The maximum atomic E-state index is 15.7. The summed E-state index contributed by atoms with van der Waals surface area (Å²) < 4.78 is 24.5. The van der Waals surface area contributed by atoms with Gasteiger partial charge in [-0.15, -0.1) is 0 Å². The average Bonchev–Trinajstić information content (AvgIpc) is 2.94. The third kappa shape index (κ3) is 3.91. The van der Waals surface area contributed by atoms with Crippen LogP contribution < -0.4 is 21.9 Å². The maximum Gasteiger partial charge on any atom is 0.328 e. The highest BCUT2D eigenvalue weighted by molar-refractivity contribution is 5.87. The van der Waals surface area contributed by atoms with E-state index in [9.17, 15) is 4.79 Å². The number of imidazole rings is 1. The summed E-state index contributed by atoms with van der Waals surface area (Å²) in [7, 11) is 1.57. The predicted octanol–water partition coefficient (Wildman–Crippen LogP) is 4.54. The fourth-order valence-corrected chi connectivity index (χ4v) is 3.75. The highest BCUT2D eigenvalue weighted by Gasteiger charge is 2.22. The van der Waals surface area contributed by atoms with Gasteiger partial charge in [0.25, 0.3) is 0 Å². The SMILES string of the molecule is Cn1c(=O)n(CC(C)(C)C)c2ccc(-c3cc(Oc4cccc(N)n4)ccc3N)c(F)c21. The standard InChI is InChI=1S/C24H26FN5O2/c1-24(2,3)13-30-18-11-9-15(21(25)22(18)29(4)23(30)31)16-12-14(8-10-17(16)26)32-20-7-5-6-19(27)28-20/h5-12H,13,26H2,1-4H3,(H2,27,28). The number of ether oxygens (including phenoxy) is 1. The van der Waals surface area contributed by atoms with Crippen LogP contribution >= 0.6 is 0 Å². The molecule has 0 radical (unpaired) electrons. The van der Waals surface area contributed by atoms with Crippen LogP contribution in [0, 0.1) is 11.2 Å². The fourth-order valence-electron chi connectivity index (χ4n) is 3.75. The zero-order valence-electron chi connectivity index (χ0n) is 18.5. The number of anilines is 2. The molecule has 2 aromatic heterocycles. The summed E-state index contributed by atoms with van der Waals surface area (Å²) in [5.74, 6) is 0.570. The number of nitrogen functional groups attached to an aromatic ring is 2. The van der Waals surface area contributed by atoms with Crippen LogP contribution in [0.5, 0.6) is 11.6 Å². The van der Waals surface area contributed by atoms with E-state index in [1.165, 1.54) is 4.57 Å². The molecule has 0 fully saturated rings. The molecule has 7 nitrogen and oxygen atoms in total. The number of halogens is 1. The Kier molecular flexibility index (Phi) is 5.16. The van der Waals surface area contributed by atoms with E-state index in [1.807, 2.05) is 20.8 Å². The first kappa shape index (κ1) is 21.4. The van der Waals surface area contributed by atoms with Crippen LogP contribution in [0.1, 0.15) is 20.8 Å². The van der Waals surface area contributed by atoms with Gasteiger partial charge in [-0.05, 0) is 41.8 Å². The molecule has 0 atom stereocenters. The lowest BCUT2D eigenvalue weighted by molar-refractivity contribution is 0.342. The number of aromatic nitrogens is 3. The molecule has 32 heavy (non-hydrogen) atoms. The Morgan fingerprint density at radius 3 is 2.50 bits per heavy atom. The molecule has 2 heterocycles. The number of pyridine rings is 1. The van der Waals surface area contributed by atoms with Crippen molar-refractivity contribution in [3.63, 3.8) is 0 Å². The first-order valence-electron chi connectivity index (χ1n) is 10.2. The molecule has 0 amide bonds. The van der Waals surface area contributed by atoms with Gasteiger partial charge in [0.2, 0.25) is 5.88 Å². The summed E-state index contributed by atoms with van der Waals surface area (Å²) in [5, 5.41) is 0. The summed E-state index contributed by atoms with van der Waals surface area (Å²) in [6, 6.07) is 13.4. The third-order valence-corrected chi connectivity index (χ3v) is 5.15. The molecular weight excluding hydrogens is 409 g/mol. The van der Waals surface area contributed by atoms with E-state index in [0.717, 1.165) is 0 Å². The minimum atomic E-state index is -0.513. The van der Waals surface area contributed by atoms with Gasteiger partial charge in [-0.25, -0.2) is 9.18 Å². The number of nitrogens with two attached hydrogens (primary N) is 2. The number of nitrogens with zero attached hydrogens (tertiary/aromatic N) is 3. The minimum absolute atomic E-state index is 0.141. The Bertz CT molecular complexity index is 1380. The number of benzene rings is 2. The van der Waals surface area contributed by atoms with Crippen LogP contribution in [0.3, 0.4) is 0 Å². The molecule has 4 N–H and O–H groups in total. The first-order chi connectivity index (χ1) is 15.0. The van der Waals surface area contributed by atoms with Crippen molar-refractivity contribution in [2.75, 3.05) is 11.5 Å². The van der Waals surface area contributed by atoms with E-state index >= 15 is 4.39 Å². The van der Waals surface area contributed by atoms with Gasteiger partial charge in [-0.2, -0.15) is 4.98 Å². The average molecular weight is 436 g/mol. The van der Waals surface area contributed by atoms with E-state index in [2.05, 4.69) is 4.98 Å². The number of hydrogen-bond acceptors (Lipinski definition) is 5. The Labute approximate surface area is 185 Å². The van der Waals surface area contributed by atoms with Crippen molar-refractivity contribution in [2.45, 2.75) is 27.3 Å². The van der Waals surface area contributed by atoms with E-state index in [-0.39, 0.29) is 22.2 Å². The largest absolute Gasteiger partial charge is 0.439 e. The molecule has 0 aliphatic carbocycles. The second kappa shape index (κ2) is 7.71. The molecule has 8 heteroatoms. The van der Waals surface area contributed by atoms with Gasteiger partial charge in [0.05, 0.1) is 5.52 Å². The molecule has 4 rings (SSSR count). The molecule has 0 unspecified atom stereocenters. The monoisotopic (exact) mass is 435 g/mol. The third-order valence-electron chi connectivity index (χ3n) is 5.15. The van der Waals surface area contributed by atoms with Gasteiger partial charge in [0, 0.05) is 36.5 Å². The molecule has 0 saturated heterocycles. The van der Waals surface area contributed by atoms with E-state index in [0.29, 0.717) is 40.8 Å². The Hall–Kier alpha value is -3.81. The Morgan fingerprint density at radius 1 is 1.06 bits per heavy atom. The smallest absolute Gasteiger partial charge is 0.328 e. The Balaban J connectivity index is 1.82. The summed E-state index contributed by atoms with van der Waals surface area (Å²) >= 11 is 0. The molecule has 0 spiro atoms. The second-order valence-electron chi connectivity index (χ2n) is 9.04. The van der Waals surface area contributed by atoms with Crippen molar-refractivity contribution in [3.05, 3.63) is 64.8 Å². The zero-order chi connectivity index (χ0) is 23.2. The van der Waals surface area contributed by atoms with Crippen molar-refractivity contribution in [3.8, 4) is 22.8 Å². The number of aryl methyl sites for hydroxylation is 1. The lowest BCUT2D eigenvalue weighted by Crippen LogP contribution is -2.27. The molecule has 4 aromatic rings. The van der Waals surface area contributed by atoms with Crippen molar-refractivity contribution in [1.82, 2.24) is 14.1 Å². The normalized spacial score (nSPS) is 11.8. The summed E-state index contributed by atoms with van der Waals surface area (Å²) in [5.41, 5.74) is 13.4. The van der Waals surface area contributed by atoms with Crippen LogP contribution in [0.2, 0.25) is 0 Å². The zero-order valence-corrected chi connectivity index (χ0v) is 18.5. The summed E-state index contributed by atoms with van der Waals surface area (Å²) in [4.78, 5) is 16.9. The maximum absolute atomic E-state index is 15.7. The second-order valence-corrected chi connectivity index (χ2v) is 9.04. The van der Waals surface area contributed by atoms with Gasteiger partial charge in [-0.1, -0.05) is 26.8 Å². The van der Waals surface area contributed by atoms with E-state index in [4.69, 9.17) is 16.2 Å². The first-order valence-corrected chi connectivity index (χ1v) is 10.2. The van der Waals surface area contributed by atoms with Crippen LogP contribution in [0.15, 0.2) is 53.3 Å². The van der Waals surface area contributed by atoms with Crippen molar-refractivity contribution >= 4 is 22.5 Å². The van der Waals surface area contributed by atoms with Gasteiger partial charge in [0.1, 0.15) is 17.1 Å². The van der Waals surface area contributed by atoms with Crippen LogP contribution in [-0.2, 0) is 13.6 Å². The van der Waals surface area contributed by atoms with E-state index in [1.54, 1.807) is 60.1 Å². The molecule has 0 bridgehead atoms. The summed E-state index contributed by atoms with van der Waals surface area (Å²) in [6.45, 7) is 6.57. The molecule has 166 valence electrons. The summed E-state index contributed by atoms with van der Waals surface area (Å²) in [6.07, 6.45) is 0. The molecule has 0 saturated carbocycles. The van der Waals surface area contributed by atoms with Gasteiger partial charge in [-0.3, -0.25) is 9.13 Å². The van der Waals surface area contributed by atoms with Gasteiger partial charge in [0.15, 0.2) is 5.82 Å². The highest BCUT2D eigenvalue weighted by atomic mass is 19.1. The number of hydrogen-bond donors (Lipinski definition) is 2. The van der Waals surface area contributed by atoms with Crippen molar-refractivity contribution < 1.29 is 9.13 Å². The molecule has 0 aliphatic rings. The topological polar surface area (TPSA) is 101 Å². The van der Waals surface area contributed by atoms with E-state index < -0.39 is 5.82 Å². The predicted molar refractivity (Wildman–Crippen MR) is 125 cm³/mol. The molecule has 2 aromatic carbocycles. The Morgan fingerprint density at radius 2 is 1.81 bits per heavy atom. The van der Waals surface area contributed by atoms with Crippen LogP contribution in [-0.4, -0.2) is 14.1 Å². The highest BCUT2D eigenvalue weighted by Crippen LogP contribution is 2.36. The number of rotatable bonds is 4. The van der Waals surface area contributed by atoms with Crippen LogP contribution in [0.25, 0.3) is 22.2 Å².